The van der Waals surface area contributed by atoms with Gasteiger partial charge in [0.25, 0.3) is 0 Å². The van der Waals surface area contributed by atoms with Crippen molar-refractivity contribution < 1.29 is 4.74 Å². The van der Waals surface area contributed by atoms with E-state index in [9.17, 15) is 0 Å². The Morgan fingerprint density at radius 3 is 2.40 bits per heavy atom. The summed E-state index contributed by atoms with van der Waals surface area (Å²) in [4.78, 5) is 2.57. The van der Waals surface area contributed by atoms with Gasteiger partial charge in [-0.05, 0) is 68.9 Å². The SMILES string of the molecule is COc1ccc(CN2CCC(NCC3CC3)CC2)cc1. The highest BCUT2D eigenvalue weighted by molar-refractivity contribution is 5.27. The number of piperidine rings is 1. The monoisotopic (exact) mass is 274 g/mol. The van der Waals surface area contributed by atoms with Crippen LogP contribution in [0.25, 0.3) is 0 Å². The first kappa shape index (κ1) is 13.9. The summed E-state index contributed by atoms with van der Waals surface area (Å²) in [6.07, 6.45) is 5.48. The molecule has 3 heteroatoms. The highest BCUT2D eigenvalue weighted by Crippen LogP contribution is 2.28. The van der Waals surface area contributed by atoms with Crippen molar-refractivity contribution in [2.24, 2.45) is 5.92 Å². The van der Waals surface area contributed by atoms with Crippen LogP contribution >= 0.6 is 0 Å². The van der Waals surface area contributed by atoms with E-state index in [1.54, 1.807) is 7.11 Å². The minimum absolute atomic E-state index is 0.753. The van der Waals surface area contributed by atoms with Gasteiger partial charge in [-0.1, -0.05) is 12.1 Å². The third kappa shape index (κ3) is 3.97. The highest BCUT2D eigenvalue weighted by Gasteiger charge is 2.24. The van der Waals surface area contributed by atoms with Gasteiger partial charge in [0.2, 0.25) is 0 Å². The van der Waals surface area contributed by atoms with Gasteiger partial charge in [0.05, 0.1) is 7.11 Å². The average molecular weight is 274 g/mol. The van der Waals surface area contributed by atoms with Crippen molar-refractivity contribution >= 4 is 0 Å². The van der Waals surface area contributed by atoms with Crippen molar-refractivity contribution in [3.05, 3.63) is 29.8 Å². The normalized spacial score (nSPS) is 21.1. The summed E-state index contributed by atoms with van der Waals surface area (Å²) >= 11 is 0. The van der Waals surface area contributed by atoms with Crippen LogP contribution in [0.1, 0.15) is 31.2 Å². The van der Waals surface area contributed by atoms with E-state index in [4.69, 9.17) is 4.74 Å². The fraction of sp³-hybridized carbons (Fsp3) is 0.647. The molecule has 0 aromatic heterocycles. The standard InChI is InChI=1S/C17H26N2O/c1-20-17-6-4-15(5-7-17)13-19-10-8-16(9-11-19)18-12-14-2-3-14/h4-7,14,16,18H,2-3,8-13H2,1H3. The topological polar surface area (TPSA) is 24.5 Å². The molecule has 20 heavy (non-hydrogen) atoms. The first-order chi connectivity index (χ1) is 9.83. The van der Waals surface area contributed by atoms with E-state index in [1.165, 1.54) is 50.9 Å². The van der Waals surface area contributed by atoms with Crippen LogP contribution in [-0.4, -0.2) is 37.7 Å². The van der Waals surface area contributed by atoms with Gasteiger partial charge >= 0.3 is 0 Å². The summed E-state index contributed by atoms with van der Waals surface area (Å²) < 4.78 is 5.20. The lowest BCUT2D eigenvalue weighted by molar-refractivity contribution is 0.190. The molecule has 1 heterocycles. The number of nitrogens with one attached hydrogen (secondary N) is 1. The summed E-state index contributed by atoms with van der Waals surface area (Å²) in [5, 5.41) is 3.74. The predicted octanol–water partition coefficient (Wildman–Crippen LogP) is 2.66. The van der Waals surface area contributed by atoms with E-state index in [0.717, 1.165) is 24.3 Å². The molecule has 1 saturated carbocycles. The van der Waals surface area contributed by atoms with E-state index in [-0.39, 0.29) is 0 Å². The molecule has 1 aliphatic carbocycles. The summed E-state index contributed by atoms with van der Waals surface area (Å²) in [7, 11) is 1.72. The van der Waals surface area contributed by atoms with Crippen LogP contribution in [0, 0.1) is 5.92 Å². The van der Waals surface area contributed by atoms with Crippen molar-refractivity contribution in [2.45, 2.75) is 38.3 Å². The van der Waals surface area contributed by atoms with Gasteiger partial charge in [-0.25, -0.2) is 0 Å². The molecular formula is C17H26N2O. The lowest BCUT2D eigenvalue weighted by atomic mass is 10.0. The molecule has 110 valence electrons. The first-order valence-electron chi connectivity index (χ1n) is 7.92. The van der Waals surface area contributed by atoms with Crippen LogP contribution in [0.3, 0.4) is 0 Å². The molecule has 1 saturated heterocycles. The molecule has 0 atom stereocenters. The molecule has 1 aromatic carbocycles. The number of ether oxygens (including phenoxy) is 1. The minimum Gasteiger partial charge on any atom is -0.497 e. The molecule has 1 aromatic rings. The summed E-state index contributed by atoms with van der Waals surface area (Å²) in [5.41, 5.74) is 1.38. The van der Waals surface area contributed by atoms with Crippen molar-refractivity contribution in [1.82, 2.24) is 10.2 Å². The zero-order chi connectivity index (χ0) is 13.8. The van der Waals surface area contributed by atoms with Gasteiger partial charge in [0, 0.05) is 12.6 Å². The maximum atomic E-state index is 5.20. The van der Waals surface area contributed by atoms with Crippen molar-refractivity contribution in [2.75, 3.05) is 26.7 Å². The lowest BCUT2D eigenvalue weighted by Crippen LogP contribution is -2.42. The van der Waals surface area contributed by atoms with Gasteiger partial charge in [0.15, 0.2) is 0 Å². The van der Waals surface area contributed by atoms with Gasteiger partial charge < -0.3 is 10.1 Å². The summed E-state index contributed by atoms with van der Waals surface area (Å²) in [6, 6.07) is 9.22. The molecule has 0 unspecified atom stereocenters. The Morgan fingerprint density at radius 1 is 1.10 bits per heavy atom. The third-order valence-electron chi connectivity index (χ3n) is 4.54. The van der Waals surface area contributed by atoms with E-state index in [1.807, 2.05) is 0 Å². The van der Waals surface area contributed by atoms with Crippen LogP contribution in [0.15, 0.2) is 24.3 Å². The number of hydrogen-bond donors (Lipinski definition) is 1. The van der Waals surface area contributed by atoms with Gasteiger partial charge in [-0.3, -0.25) is 4.90 Å². The van der Waals surface area contributed by atoms with Crippen LogP contribution in [-0.2, 0) is 6.54 Å². The van der Waals surface area contributed by atoms with Crippen molar-refractivity contribution in [3.8, 4) is 5.75 Å². The Hall–Kier alpha value is -1.06. The predicted molar refractivity (Wildman–Crippen MR) is 82.0 cm³/mol. The fourth-order valence-corrected chi connectivity index (χ4v) is 2.94. The average Bonchev–Trinajstić information content (AvgIpc) is 3.32. The van der Waals surface area contributed by atoms with E-state index in [0.29, 0.717) is 0 Å². The quantitative estimate of drug-likeness (QED) is 0.863. The zero-order valence-electron chi connectivity index (χ0n) is 12.5. The maximum absolute atomic E-state index is 5.20. The molecule has 1 aliphatic heterocycles. The van der Waals surface area contributed by atoms with E-state index in [2.05, 4.69) is 34.5 Å². The second-order valence-corrected chi connectivity index (χ2v) is 6.25. The number of methoxy groups -OCH3 is 1. The van der Waals surface area contributed by atoms with Crippen LogP contribution in [0.4, 0.5) is 0 Å². The minimum atomic E-state index is 0.753. The Bertz CT molecular complexity index is 406. The number of likely N-dealkylation sites (tertiary alicyclic amines) is 1. The number of nitrogens with zero attached hydrogens (tertiary/aromatic N) is 1. The molecule has 0 spiro atoms. The first-order valence-corrected chi connectivity index (χ1v) is 7.92. The molecule has 0 radical (unpaired) electrons. The maximum Gasteiger partial charge on any atom is 0.118 e. The van der Waals surface area contributed by atoms with Crippen LogP contribution < -0.4 is 10.1 Å². The third-order valence-corrected chi connectivity index (χ3v) is 4.54. The molecule has 0 amide bonds. The largest absolute Gasteiger partial charge is 0.497 e. The Labute approximate surface area is 122 Å². The smallest absolute Gasteiger partial charge is 0.118 e. The van der Waals surface area contributed by atoms with E-state index < -0.39 is 0 Å². The van der Waals surface area contributed by atoms with Gasteiger partial charge in [-0.15, -0.1) is 0 Å². The molecule has 3 nitrogen and oxygen atoms in total. The molecule has 1 N–H and O–H groups in total. The molecule has 2 aliphatic rings. The second-order valence-electron chi connectivity index (χ2n) is 6.25. The molecule has 0 bridgehead atoms. The molecular weight excluding hydrogens is 248 g/mol. The summed E-state index contributed by atoms with van der Waals surface area (Å²) in [6.45, 7) is 4.76. The fourth-order valence-electron chi connectivity index (χ4n) is 2.94. The van der Waals surface area contributed by atoms with Gasteiger partial charge in [0.1, 0.15) is 5.75 Å². The van der Waals surface area contributed by atoms with E-state index >= 15 is 0 Å². The number of rotatable bonds is 6. The number of benzene rings is 1. The Morgan fingerprint density at radius 2 is 1.80 bits per heavy atom. The Kier molecular flexibility index (Phi) is 4.58. The Balaban J connectivity index is 1.40. The lowest BCUT2D eigenvalue weighted by Gasteiger charge is -2.32. The van der Waals surface area contributed by atoms with Crippen molar-refractivity contribution in [3.63, 3.8) is 0 Å². The van der Waals surface area contributed by atoms with Gasteiger partial charge in [-0.2, -0.15) is 0 Å². The van der Waals surface area contributed by atoms with Crippen molar-refractivity contribution in [1.29, 1.82) is 0 Å². The number of hydrogen-bond acceptors (Lipinski definition) is 3. The van der Waals surface area contributed by atoms with Crippen LogP contribution in [0.5, 0.6) is 5.75 Å². The zero-order valence-corrected chi connectivity index (χ0v) is 12.5. The molecule has 3 rings (SSSR count). The van der Waals surface area contributed by atoms with Crippen LogP contribution in [0.2, 0.25) is 0 Å². The second kappa shape index (κ2) is 6.59. The molecule has 2 fully saturated rings. The highest BCUT2D eigenvalue weighted by atomic mass is 16.5. The summed E-state index contributed by atoms with van der Waals surface area (Å²) in [5.74, 6) is 1.93.